The minimum Gasteiger partial charge on any atom is -0.444 e. The molecule has 22 heteroatoms. The van der Waals surface area contributed by atoms with Crippen LogP contribution in [0.5, 0.6) is 0 Å². The molecule has 2 aromatic carbocycles. The number of pyridine rings is 1. The Balaban J connectivity index is 0.653. The van der Waals surface area contributed by atoms with Gasteiger partial charge in [-0.3, -0.25) is 43.8 Å². The highest BCUT2D eigenvalue weighted by molar-refractivity contribution is 6.25. The number of carbonyl (C=O) groups excluding carboxylic acids is 7. The van der Waals surface area contributed by atoms with Crippen molar-refractivity contribution in [1.29, 1.82) is 0 Å². The van der Waals surface area contributed by atoms with Gasteiger partial charge < -0.3 is 45.8 Å². The average molecular weight is 957 g/mol. The molecular formula is C48H52N12O10. The minimum atomic E-state index is -1.02. The molecule has 70 heavy (non-hydrogen) atoms. The predicted octanol–water partition coefficient (Wildman–Crippen LogP) is 2.84. The maximum Gasteiger partial charge on any atom is 0.277 e. The second-order valence-electron chi connectivity index (χ2n) is 17.4. The molecule has 0 radical (unpaired) electrons. The largest absolute Gasteiger partial charge is 0.444 e. The molecular weight excluding hydrogens is 905 g/mol. The summed E-state index contributed by atoms with van der Waals surface area (Å²) in [5.41, 5.74) is 8.06. The van der Waals surface area contributed by atoms with Crippen LogP contribution in [0.1, 0.15) is 90.6 Å². The maximum atomic E-state index is 13.5. The smallest absolute Gasteiger partial charge is 0.277 e. The van der Waals surface area contributed by atoms with Crippen LogP contribution >= 0.6 is 0 Å². The van der Waals surface area contributed by atoms with Crippen LogP contribution < -0.4 is 32.3 Å². The highest BCUT2D eigenvalue weighted by Crippen LogP contribution is 2.34. The molecule has 7 N–H and O–H groups in total. The summed E-state index contributed by atoms with van der Waals surface area (Å²) in [5, 5.41) is 18.7. The Bertz CT molecular complexity index is 2800. The third-order valence-electron chi connectivity index (χ3n) is 12.5. The van der Waals surface area contributed by atoms with Gasteiger partial charge in [0.1, 0.15) is 18.1 Å². The number of anilines is 3. The first-order valence-electron chi connectivity index (χ1n) is 23.2. The zero-order chi connectivity index (χ0) is 48.7. The molecule has 0 spiro atoms. The molecule has 1 saturated carbocycles. The summed E-state index contributed by atoms with van der Waals surface area (Å²) in [6.07, 6.45) is 8.49. The van der Waals surface area contributed by atoms with Gasteiger partial charge in [0.25, 0.3) is 29.5 Å². The van der Waals surface area contributed by atoms with Crippen molar-refractivity contribution in [3.05, 3.63) is 101 Å². The van der Waals surface area contributed by atoms with Gasteiger partial charge in [-0.25, -0.2) is 14.6 Å². The van der Waals surface area contributed by atoms with Crippen molar-refractivity contribution in [2.24, 2.45) is 11.7 Å². The van der Waals surface area contributed by atoms with E-state index in [1.807, 2.05) is 0 Å². The summed E-state index contributed by atoms with van der Waals surface area (Å²) in [4.78, 5) is 101. The van der Waals surface area contributed by atoms with Crippen LogP contribution in [-0.4, -0.2) is 142 Å². The lowest BCUT2D eigenvalue weighted by molar-refractivity contribution is -0.136. The summed E-state index contributed by atoms with van der Waals surface area (Å²) >= 11 is 0. The molecule has 3 fully saturated rings. The fraction of sp³-hybridized carbons (Fsp3) is 0.375. The first-order chi connectivity index (χ1) is 34.0. The van der Waals surface area contributed by atoms with Crippen LogP contribution in [0.2, 0.25) is 0 Å². The molecule has 4 aliphatic rings. The number of rotatable bonds is 21. The maximum absolute atomic E-state index is 13.5. The zero-order valence-electron chi connectivity index (χ0n) is 38.1. The standard InChI is InChI=1S/C48H52N12O10/c49-42(62)41-35(54-44(64)36-27-70-46(55-36)30-12-15-50-38(24-30)52-25-28-4-5-28)26-59(57-41)32-8-6-29(7-9-32)43(63)51-16-20-68-22-23-69-21-19-58-17-13-31(14-18-58)53-34-3-1-2-33-40(34)48(67)60(47(33)66)37-10-11-39(61)56-45(37)65/h1-3,6-9,12,15,24,26-28,31,37,53H,4-5,10-11,13-14,16-23,25H2,(H2,49,62)(H,50,52)(H,51,63)(H,54,64)(H,56,61,65). The molecule has 7 amide bonds. The fourth-order valence-corrected chi connectivity index (χ4v) is 8.48. The van der Waals surface area contributed by atoms with Crippen LogP contribution in [0.25, 0.3) is 17.1 Å². The van der Waals surface area contributed by atoms with Gasteiger partial charge in [0, 0.05) is 68.2 Å². The van der Waals surface area contributed by atoms with Gasteiger partial charge in [0.2, 0.25) is 17.7 Å². The van der Waals surface area contributed by atoms with Crippen LogP contribution in [0.15, 0.2) is 77.7 Å². The molecule has 0 bridgehead atoms. The first kappa shape index (κ1) is 47.3. The molecule has 9 rings (SSSR count). The minimum absolute atomic E-state index is 0.0205. The van der Waals surface area contributed by atoms with Gasteiger partial charge in [-0.1, -0.05) is 6.07 Å². The number of carbonyl (C=O) groups is 7. The number of aromatic nitrogens is 4. The van der Waals surface area contributed by atoms with Crippen molar-refractivity contribution >= 4 is 58.5 Å². The molecule has 364 valence electrons. The third-order valence-corrected chi connectivity index (χ3v) is 12.5. The number of nitrogens with zero attached hydrogens (tertiary/aromatic N) is 6. The SMILES string of the molecule is NC(=O)c1nn(-c2ccc(C(=O)NCCOCCOCCN3CCC(Nc4cccc5c4C(=O)N(C4CCC(=O)NC4=O)C5=O)CC3)cc2)cc1NC(=O)c1coc(-c2ccnc(NCC3CC3)c2)n1. The number of fused-ring (bicyclic) bond motifs is 1. The summed E-state index contributed by atoms with van der Waals surface area (Å²) in [5.74, 6) is -2.36. The molecule has 5 aromatic rings. The number of hydrogen-bond donors (Lipinski definition) is 6. The van der Waals surface area contributed by atoms with Crippen molar-refractivity contribution < 1.29 is 47.5 Å². The van der Waals surface area contributed by atoms with Crippen molar-refractivity contribution in [2.45, 2.75) is 50.6 Å². The van der Waals surface area contributed by atoms with E-state index in [1.54, 1.807) is 60.8 Å². The Labute approximate surface area is 401 Å². The van der Waals surface area contributed by atoms with Crippen molar-refractivity contribution in [2.75, 3.05) is 75.1 Å². The summed E-state index contributed by atoms with van der Waals surface area (Å²) in [7, 11) is 0. The van der Waals surface area contributed by atoms with E-state index < -0.39 is 41.5 Å². The van der Waals surface area contributed by atoms with Gasteiger partial charge in [0.05, 0.1) is 55.1 Å². The Morgan fingerprint density at radius 2 is 1.66 bits per heavy atom. The third kappa shape index (κ3) is 11.0. The van der Waals surface area contributed by atoms with E-state index >= 15 is 0 Å². The molecule has 22 nitrogen and oxygen atoms in total. The number of primary amides is 1. The number of nitrogens with one attached hydrogen (secondary N) is 5. The molecule has 6 heterocycles. The molecule has 1 aliphatic carbocycles. The number of ether oxygens (including phenoxy) is 2. The Hall–Kier alpha value is -7.82. The lowest BCUT2D eigenvalue weighted by Crippen LogP contribution is -2.54. The highest BCUT2D eigenvalue weighted by Gasteiger charge is 2.46. The highest BCUT2D eigenvalue weighted by atomic mass is 16.5. The number of piperidine rings is 2. The first-order valence-corrected chi connectivity index (χ1v) is 23.2. The van der Waals surface area contributed by atoms with Gasteiger partial charge >= 0.3 is 0 Å². The number of nitrogens with two attached hydrogens (primary N) is 1. The van der Waals surface area contributed by atoms with Crippen molar-refractivity contribution in [1.82, 2.24) is 40.2 Å². The van der Waals surface area contributed by atoms with Gasteiger partial charge in [-0.05, 0) is 86.6 Å². The van der Waals surface area contributed by atoms with Gasteiger partial charge in [0.15, 0.2) is 11.4 Å². The number of benzene rings is 2. The quantitative estimate of drug-likeness (QED) is 0.0455. The summed E-state index contributed by atoms with van der Waals surface area (Å²) in [6.45, 7) is 5.00. The number of likely N-dealkylation sites (tertiary alicyclic amines) is 1. The molecule has 2 saturated heterocycles. The van der Waals surface area contributed by atoms with Gasteiger partial charge in [-0.2, -0.15) is 5.10 Å². The van der Waals surface area contributed by atoms with Crippen molar-refractivity contribution in [3.63, 3.8) is 0 Å². The number of imide groups is 2. The molecule has 1 unspecified atom stereocenters. The summed E-state index contributed by atoms with van der Waals surface area (Å²) < 4.78 is 18.4. The number of hydrogen-bond acceptors (Lipinski definition) is 16. The van der Waals surface area contributed by atoms with Crippen molar-refractivity contribution in [3.8, 4) is 17.1 Å². The monoisotopic (exact) mass is 956 g/mol. The van der Waals surface area contributed by atoms with E-state index in [-0.39, 0.29) is 72.0 Å². The predicted molar refractivity (Wildman–Crippen MR) is 251 cm³/mol. The Morgan fingerprint density at radius 1 is 0.871 bits per heavy atom. The zero-order valence-corrected chi connectivity index (χ0v) is 38.1. The lowest BCUT2D eigenvalue weighted by Gasteiger charge is -2.33. The number of oxazole rings is 1. The van der Waals surface area contributed by atoms with Crippen LogP contribution in [-0.2, 0) is 19.1 Å². The second kappa shape index (κ2) is 21.2. The Morgan fingerprint density at radius 3 is 2.41 bits per heavy atom. The van der Waals surface area contributed by atoms with E-state index in [0.29, 0.717) is 54.1 Å². The van der Waals surface area contributed by atoms with E-state index in [0.717, 1.165) is 43.9 Å². The van der Waals surface area contributed by atoms with Crippen LogP contribution in [0.4, 0.5) is 17.2 Å². The van der Waals surface area contributed by atoms with Crippen LogP contribution in [0.3, 0.4) is 0 Å². The van der Waals surface area contributed by atoms with E-state index in [9.17, 15) is 33.6 Å². The molecule has 1 atom stereocenters. The average Bonchev–Trinajstić information content (AvgIpc) is 3.76. The lowest BCUT2D eigenvalue weighted by atomic mass is 10.0. The van der Waals surface area contributed by atoms with Crippen LogP contribution in [0, 0.1) is 5.92 Å². The Kier molecular flexibility index (Phi) is 14.3. The molecule has 3 aromatic heterocycles. The van der Waals surface area contributed by atoms with Gasteiger partial charge in [-0.15, -0.1) is 0 Å². The molecule has 3 aliphatic heterocycles. The second-order valence-corrected chi connectivity index (χ2v) is 17.4. The van der Waals surface area contributed by atoms with E-state index in [1.165, 1.54) is 30.0 Å². The van der Waals surface area contributed by atoms with E-state index in [4.69, 9.17) is 19.6 Å². The number of amides is 7. The van der Waals surface area contributed by atoms with E-state index in [2.05, 4.69) is 46.6 Å². The normalized spacial score (nSPS) is 17.3. The topological polar surface area (TPSA) is 287 Å². The fourth-order valence-electron chi connectivity index (χ4n) is 8.48. The summed E-state index contributed by atoms with van der Waals surface area (Å²) in [6, 6.07) is 14.1.